The molecule has 1 atom stereocenters. The Kier molecular flexibility index (Phi) is 6.30. The lowest BCUT2D eigenvalue weighted by molar-refractivity contribution is -0.118. The van der Waals surface area contributed by atoms with E-state index < -0.39 is 9.84 Å². The second kappa shape index (κ2) is 9.02. The van der Waals surface area contributed by atoms with Gasteiger partial charge in [0.2, 0.25) is 0 Å². The van der Waals surface area contributed by atoms with Gasteiger partial charge >= 0.3 is 0 Å². The maximum atomic E-state index is 12.8. The van der Waals surface area contributed by atoms with Gasteiger partial charge in [-0.05, 0) is 18.1 Å². The van der Waals surface area contributed by atoms with Gasteiger partial charge in [0, 0.05) is 17.0 Å². The van der Waals surface area contributed by atoms with Gasteiger partial charge in [-0.25, -0.2) is 13.1 Å². The molecule has 0 spiro atoms. The molecule has 4 rings (SSSR count). The standard InChI is InChI=1S/C25H29N3O4S/c1-25(2,3)22-15-23(28(27-22)19-13-14-33(30,31)17-19)26-24(29)16-32-21-12-8-7-11-20(21)18-9-5-4-6-10-18/h4-12,15,19H,13-14,16-17H2,1-3H3,(H,26,29)/t19-/m0/s1. The summed E-state index contributed by atoms with van der Waals surface area (Å²) in [5.74, 6) is 0.939. The van der Waals surface area contributed by atoms with Crippen LogP contribution in [0, 0.1) is 0 Å². The number of hydrogen-bond donors (Lipinski definition) is 1. The van der Waals surface area contributed by atoms with Crippen LogP contribution in [0.4, 0.5) is 5.82 Å². The minimum atomic E-state index is -3.09. The Bertz CT molecular complexity index is 1240. The Balaban J connectivity index is 1.51. The van der Waals surface area contributed by atoms with Crippen LogP contribution in [0.3, 0.4) is 0 Å². The van der Waals surface area contributed by atoms with Crippen molar-refractivity contribution in [3.05, 3.63) is 66.4 Å². The number of amides is 1. The summed E-state index contributed by atoms with van der Waals surface area (Å²) in [6.45, 7) is 5.91. The summed E-state index contributed by atoms with van der Waals surface area (Å²) in [6.07, 6.45) is 0.484. The monoisotopic (exact) mass is 467 g/mol. The average molecular weight is 468 g/mol. The number of ether oxygens (including phenoxy) is 1. The Morgan fingerprint density at radius 2 is 1.82 bits per heavy atom. The molecular weight excluding hydrogens is 438 g/mol. The number of carbonyl (C=O) groups excluding carboxylic acids is 1. The largest absolute Gasteiger partial charge is 0.483 e. The molecule has 2 aromatic carbocycles. The van der Waals surface area contributed by atoms with Crippen LogP contribution in [0.15, 0.2) is 60.7 Å². The molecule has 7 nitrogen and oxygen atoms in total. The maximum absolute atomic E-state index is 12.8. The van der Waals surface area contributed by atoms with Crippen molar-refractivity contribution < 1.29 is 17.9 Å². The highest BCUT2D eigenvalue weighted by Gasteiger charge is 2.33. The molecule has 2 heterocycles. The highest BCUT2D eigenvalue weighted by Crippen LogP contribution is 2.32. The smallest absolute Gasteiger partial charge is 0.263 e. The fourth-order valence-electron chi connectivity index (χ4n) is 3.87. The molecule has 0 bridgehead atoms. The molecule has 1 N–H and O–H groups in total. The number of sulfone groups is 1. The topological polar surface area (TPSA) is 90.3 Å². The third kappa shape index (κ3) is 5.45. The first kappa shape index (κ1) is 23.0. The lowest BCUT2D eigenvalue weighted by Gasteiger charge is -2.16. The van der Waals surface area contributed by atoms with Crippen molar-refractivity contribution in [2.75, 3.05) is 23.4 Å². The van der Waals surface area contributed by atoms with E-state index in [1.165, 1.54) is 0 Å². The van der Waals surface area contributed by atoms with Gasteiger partial charge < -0.3 is 10.1 Å². The Labute approximate surface area is 194 Å². The third-order valence-corrected chi connectivity index (χ3v) is 7.41. The molecule has 1 aliphatic rings. The average Bonchev–Trinajstić information content (AvgIpc) is 3.36. The van der Waals surface area contributed by atoms with E-state index in [9.17, 15) is 13.2 Å². The van der Waals surface area contributed by atoms with Crippen molar-refractivity contribution in [3.8, 4) is 16.9 Å². The summed E-state index contributed by atoms with van der Waals surface area (Å²) in [7, 11) is -3.09. The number of rotatable bonds is 6. The zero-order valence-corrected chi connectivity index (χ0v) is 19.9. The van der Waals surface area contributed by atoms with Gasteiger partial charge in [0.25, 0.3) is 5.91 Å². The van der Waals surface area contributed by atoms with Crippen molar-refractivity contribution in [2.45, 2.75) is 38.6 Å². The molecule has 0 radical (unpaired) electrons. The maximum Gasteiger partial charge on any atom is 0.263 e. The minimum Gasteiger partial charge on any atom is -0.483 e. The summed E-state index contributed by atoms with van der Waals surface area (Å²) < 4.78 is 31.5. The van der Waals surface area contributed by atoms with E-state index in [1.807, 2.05) is 81.4 Å². The SMILES string of the molecule is CC(C)(C)c1cc(NC(=O)COc2ccccc2-c2ccccc2)n([C@H]2CCS(=O)(=O)C2)n1. The minimum absolute atomic E-state index is 0.0298. The zero-order valence-electron chi connectivity index (χ0n) is 19.1. The number of aromatic nitrogens is 2. The third-order valence-electron chi connectivity index (χ3n) is 5.66. The molecule has 8 heteroatoms. The van der Waals surface area contributed by atoms with Crippen molar-refractivity contribution in [3.63, 3.8) is 0 Å². The summed E-state index contributed by atoms with van der Waals surface area (Å²) in [6, 6.07) is 18.9. The van der Waals surface area contributed by atoms with Crippen LogP contribution in [0.25, 0.3) is 11.1 Å². The van der Waals surface area contributed by atoms with Crippen LogP contribution >= 0.6 is 0 Å². The molecule has 1 fully saturated rings. The van der Waals surface area contributed by atoms with Gasteiger partial charge in [-0.15, -0.1) is 0 Å². The molecule has 0 saturated carbocycles. The van der Waals surface area contributed by atoms with Crippen LogP contribution in [-0.2, 0) is 20.0 Å². The van der Waals surface area contributed by atoms with Crippen LogP contribution in [0.2, 0.25) is 0 Å². The molecule has 0 aliphatic carbocycles. The highest BCUT2D eigenvalue weighted by molar-refractivity contribution is 7.91. The van der Waals surface area contributed by atoms with Crippen LogP contribution < -0.4 is 10.1 Å². The number of benzene rings is 2. The Morgan fingerprint density at radius 1 is 1.12 bits per heavy atom. The zero-order chi connectivity index (χ0) is 23.6. The molecule has 174 valence electrons. The normalized spacial score (nSPS) is 17.6. The molecule has 1 aliphatic heterocycles. The second-order valence-corrected chi connectivity index (χ2v) is 11.6. The molecule has 1 amide bonds. The van der Waals surface area contributed by atoms with Crippen LogP contribution in [0.5, 0.6) is 5.75 Å². The van der Waals surface area contributed by atoms with Gasteiger partial charge in [-0.1, -0.05) is 69.3 Å². The van der Waals surface area contributed by atoms with Crippen molar-refractivity contribution in [1.29, 1.82) is 0 Å². The fraction of sp³-hybridized carbons (Fsp3) is 0.360. The number of anilines is 1. The predicted molar refractivity (Wildman–Crippen MR) is 129 cm³/mol. The molecule has 1 aromatic heterocycles. The number of hydrogen-bond acceptors (Lipinski definition) is 5. The summed E-state index contributed by atoms with van der Waals surface area (Å²) >= 11 is 0. The van der Waals surface area contributed by atoms with Gasteiger partial charge in [-0.3, -0.25) is 4.79 Å². The first-order valence-electron chi connectivity index (χ1n) is 11.0. The summed E-state index contributed by atoms with van der Waals surface area (Å²) in [5.41, 5.74) is 2.45. The number of nitrogens with zero attached hydrogens (tertiary/aromatic N) is 2. The molecule has 0 unspecified atom stereocenters. The molecule has 33 heavy (non-hydrogen) atoms. The van der Waals surface area contributed by atoms with Crippen LogP contribution in [0.1, 0.15) is 38.9 Å². The van der Waals surface area contributed by atoms with E-state index in [-0.39, 0.29) is 35.5 Å². The van der Waals surface area contributed by atoms with E-state index in [4.69, 9.17) is 4.74 Å². The number of para-hydroxylation sites is 1. The second-order valence-electron chi connectivity index (χ2n) is 9.37. The lowest BCUT2D eigenvalue weighted by Crippen LogP contribution is -2.24. The van der Waals surface area contributed by atoms with Gasteiger partial charge in [-0.2, -0.15) is 5.10 Å². The first-order valence-corrected chi connectivity index (χ1v) is 12.8. The molecule has 3 aromatic rings. The summed E-state index contributed by atoms with van der Waals surface area (Å²) in [5, 5.41) is 7.53. The van der Waals surface area contributed by atoms with E-state index in [0.29, 0.717) is 18.0 Å². The predicted octanol–water partition coefficient (Wildman–Crippen LogP) is 4.22. The Morgan fingerprint density at radius 3 is 2.48 bits per heavy atom. The van der Waals surface area contributed by atoms with Gasteiger partial charge in [0.1, 0.15) is 11.6 Å². The first-order chi connectivity index (χ1) is 15.6. The van der Waals surface area contributed by atoms with E-state index in [0.717, 1.165) is 16.8 Å². The number of nitrogens with one attached hydrogen (secondary N) is 1. The van der Waals surface area contributed by atoms with Gasteiger partial charge in [0.05, 0.1) is 23.2 Å². The number of carbonyl (C=O) groups is 1. The molecule has 1 saturated heterocycles. The quantitative estimate of drug-likeness (QED) is 0.586. The summed E-state index contributed by atoms with van der Waals surface area (Å²) in [4.78, 5) is 12.8. The fourth-order valence-corrected chi connectivity index (χ4v) is 5.56. The van der Waals surface area contributed by atoms with Crippen molar-refractivity contribution in [1.82, 2.24) is 9.78 Å². The van der Waals surface area contributed by atoms with E-state index in [1.54, 1.807) is 4.68 Å². The van der Waals surface area contributed by atoms with Crippen molar-refractivity contribution in [2.24, 2.45) is 0 Å². The highest BCUT2D eigenvalue weighted by atomic mass is 32.2. The van der Waals surface area contributed by atoms with Gasteiger partial charge in [0.15, 0.2) is 16.4 Å². The Hall–Kier alpha value is -3.13. The van der Waals surface area contributed by atoms with E-state index >= 15 is 0 Å². The lowest BCUT2D eigenvalue weighted by atomic mass is 9.92. The molecular formula is C25H29N3O4S. The van der Waals surface area contributed by atoms with Crippen LogP contribution in [-0.4, -0.2) is 42.2 Å². The van der Waals surface area contributed by atoms with Crippen molar-refractivity contribution >= 4 is 21.6 Å². The van der Waals surface area contributed by atoms with E-state index in [2.05, 4.69) is 10.4 Å².